The SMILES string of the molecule is CSCCC(=O)Nc1cccc(S(N)(=O)=O)c1. The van der Waals surface area contributed by atoms with Crippen LogP contribution in [0.4, 0.5) is 5.69 Å². The molecule has 0 heterocycles. The summed E-state index contributed by atoms with van der Waals surface area (Å²) in [6, 6.07) is 5.87. The second-order valence-electron chi connectivity index (χ2n) is 3.36. The fraction of sp³-hybridized carbons (Fsp3) is 0.300. The normalized spacial score (nSPS) is 11.2. The van der Waals surface area contributed by atoms with Gasteiger partial charge in [-0.3, -0.25) is 4.79 Å². The Morgan fingerprint density at radius 2 is 2.18 bits per heavy atom. The lowest BCUT2D eigenvalue weighted by Crippen LogP contribution is -2.15. The molecule has 1 aromatic carbocycles. The molecule has 3 N–H and O–H groups in total. The average Bonchev–Trinajstić information content (AvgIpc) is 2.25. The molecule has 0 fully saturated rings. The van der Waals surface area contributed by atoms with Crippen LogP contribution in [-0.2, 0) is 14.8 Å². The molecule has 5 nitrogen and oxygen atoms in total. The number of primary sulfonamides is 1. The van der Waals surface area contributed by atoms with E-state index in [0.29, 0.717) is 12.1 Å². The average molecular weight is 274 g/mol. The highest BCUT2D eigenvalue weighted by Gasteiger charge is 2.09. The molecule has 0 spiro atoms. The van der Waals surface area contributed by atoms with Crippen molar-refractivity contribution in [3.8, 4) is 0 Å². The Kier molecular flexibility index (Phi) is 4.98. The summed E-state index contributed by atoms with van der Waals surface area (Å²) in [4.78, 5) is 11.4. The fourth-order valence-electron chi connectivity index (χ4n) is 1.17. The van der Waals surface area contributed by atoms with Crippen molar-refractivity contribution in [1.29, 1.82) is 0 Å². The number of nitrogens with two attached hydrogens (primary N) is 1. The number of carbonyl (C=O) groups excluding carboxylic acids is 1. The number of amides is 1. The summed E-state index contributed by atoms with van der Waals surface area (Å²) in [7, 11) is -3.73. The van der Waals surface area contributed by atoms with Gasteiger partial charge in [0.15, 0.2) is 0 Å². The van der Waals surface area contributed by atoms with E-state index in [1.165, 1.54) is 18.2 Å². The molecule has 0 saturated heterocycles. The standard InChI is InChI=1S/C10H14N2O3S2/c1-16-6-5-10(13)12-8-3-2-4-9(7-8)17(11,14)15/h2-4,7H,5-6H2,1H3,(H,12,13)(H2,11,14,15). The van der Waals surface area contributed by atoms with Crippen molar-refractivity contribution >= 4 is 33.4 Å². The lowest BCUT2D eigenvalue weighted by atomic mass is 10.3. The lowest BCUT2D eigenvalue weighted by molar-refractivity contribution is -0.115. The van der Waals surface area contributed by atoms with Crippen molar-refractivity contribution < 1.29 is 13.2 Å². The Labute approximate surface area is 105 Å². The molecule has 1 aromatic rings. The van der Waals surface area contributed by atoms with Crippen LogP contribution >= 0.6 is 11.8 Å². The third-order valence-electron chi connectivity index (χ3n) is 1.98. The Bertz CT molecular complexity index is 500. The Hall–Kier alpha value is -1.05. The smallest absolute Gasteiger partial charge is 0.238 e. The monoisotopic (exact) mass is 274 g/mol. The highest BCUT2D eigenvalue weighted by molar-refractivity contribution is 7.98. The Balaban J connectivity index is 2.76. The maximum atomic E-state index is 11.4. The molecule has 7 heteroatoms. The first-order valence-electron chi connectivity index (χ1n) is 4.85. The van der Waals surface area contributed by atoms with Crippen molar-refractivity contribution in [2.24, 2.45) is 5.14 Å². The lowest BCUT2D eigenvalue weighted by Gasteiger charge is -2.06. The van der Waals surface area contributed by atoms with Gasteiger partial charge in [-0.25, -0.2) is 13.6 Å². The summed E-state index contributed by atoms with van der Waals surface area (Å²) >= 11 is 1.57. The molecular weight excluding hydrogens is 260 g/mol. The molecule has 0 aromatic heterocycles. The zero-order valence-corrected chi connectivity index (χ0v) is 11.0. The van der Waals surface area contributed by atoms with Crippen molar-refractivity contribution in [1.82, 2.24) is 0 Å². The third kappa shape index (κ3) is 4.76. The van der Waals surface area contributed by atoms with Gasteiger partial charge in [-0.2, -0.15) is 11.8 Å². The Morgan fingerprint density at radius 3 is 2.76 bits per heavy atom. The van der Waals surface area contributed by atoms with Crippen LogP contribution in [0.1, 0.15) is 6.42 Å². The van der Waals surface area contributed by atoms with Gasteiger partial charge in [0.1, 0.15) is 0 Å². The molecule has 0 aliphatic rings. The molecule has 0 radical (unpaired) electrons. The molecular formula is C10H14N2O3S2. The van der Waals surface area contributed by atoms with E-state index in [-0.39, 0.29) is 10.8 Å². The van der Waals surface area contributed by atoms with E-state index in [1.807, 2.05) is 6.26 Å². The van der Waals surface area contributed by atoms with E-state index in [4.69, 9.17) is 5.14 Å². The number of benzene rings is 1. The van der Waals surface area contributed by atoms with Gasteiger partial charge in [-0.05, 0) is 24.5 Å². The van der Waals surface area contributed by atoms with Crippen LogP contribution in [0.3, 0.4) is 0 Å². The highest BCUT2D eigenvalue weighted by atomic mass is 32.2. The molecule has 0 saturated carbocycles. The maximum Gasteiger partial charge on any atom is 0.238 e. The van der Waals surface area contributed by atoms with E-state index < -0.39 is 10.0 Å². The first kappa shape index (κ1) is 14.0. The van der Waals surface area contributed by atoms with E-state index in [9.17, 15) is 13.2 Å². The van der Waals surface area contributed by atoms with Gasteiger partial charge in [0, 0.05) is 17.9 Å². The number of hydrogen-bond acceptors (Lipinski definition) is 4. The van der Waals surface area contributed by atoms with Gasteiger partial charge in [-0.15, -0.1) is 0 Å². The van der Waals surface area contributed by atoms with E-state index >= 15 is 0 Å². The van der Waals surface area contributed by atoms with Crippen LogP contribution in [0.25, 0.3) is 0 Å². The maximum absolute atomic E-state index is 11.4. The zero-order chi connectivity index (χ0) is 12.9. The molecule has 0 aliphatic heterocycles. The predicted molar refractivity (Wildman–Crippen MR) is 69.4 cm³/mol. The number of rotatable bonds is 5. The largest absolute Gasteiger partial charge is 0.326 e. The summed E-state index contributed by atoms with van der Waals surface area (Å²) < 4.78 is 22.2. The molecule has 1 rings (SSSR count). The van der Waals surface area contributed by atoms with Crippen LogP contribution in [0.2, 0.25) is 0 Å². The number of sulfonamides is 1. The van der Waals surface area contributed by atoms with Crippen molar-refractivity contribution in [3.63, 3.8) is 0 Å². The van der Waals surface area contributed by atoms with Crippen LogP contribution in [0, 0.1) is 0 Å². The highest BCUT2D eigenvalue weighted by Crippen LogP contribution is 2.14. The van der Waals surface area contributed by atoms with Gasteiger partial charge < -0.3 is 5.32 Å². The van der Waals surface area contributed by atoms with E-state index in [2.05, 4.69) is 5.32 Å². The molecule has 17 heavy (non-hydrogen) atoms. The van der Waals surface area contributed by atoms with Crippen molar-refractivity contribution in [3.05, 3.63) is 24.3 Å². The number of anilines is 1. The number of thioether (sulfide) groups is 1. The van der Waals surface area contributed by atoms with E-state index in [0.717, 1.165) is 5.75 Å². The van der Waals surface area contributed by atoms with Gasteiger partial charge in [0.2, 0.25) is 15.9 Å². The number of carbonyl (C=O) groups is 1. The van der Waals surface area contributed by atoms with Gasteiger partial charge in [0.25, 0.3) is 0 Å². The zero-order valence-electron chi connectivity index (χ0n) is 9.34. The molecule has 1 amide bonds. The van der Waals surface area contributed by atoms with Gasteiger partial charge in [-0.1, -0.05) is 6.07 Å². The van der Waals surface area contributed by atoms with Crippen LogP contribution in [0.5, 0.6) is 0 Å². The summed E-state index contributed by atoms with van der Waals surface area (Å²) in [6.45, 7) is 0. The summed E-state index contributed by atoms with van der Waals surface area (Å²) in [6.07, 6.45) is 2.30. The van der Waals surface area contributed by atoms with Crippen LogP contribution in [-0.4, -0.2) is 26.3 Å². The minimum absolute atomic E-state index is 0.0137. The minimum Gasteiger partial charge on any atom is -0.326 e. The summed E-state index contributed by atoms with van der Waals surface area (Å²) in [5.41, 5.74) is 0.433. The number of hydrogen-bond donors (Lipinski definition) is 2. The molecule has 94 valence electrons. The molecule has 0 aliphatic carbocycles. The van der Waals surface area contributed by atoms with Crippen molar-refractivity contribution in [2.45, 2.75) is 11.3 Å². The van der Waals surface area contributed by atoms with Crippen molar-refractivity contribution in [2.75, 3.05) is 17.3 Å². The fourth-order valence-corrected chi connectivity index (χ4v) is 2.12. The summed E-state index contributed by atoms with van der Waals surface area (Å²) in [5, 5.41) is 7.61. The molecule has 0 unspecified atom stereocenters. The van der Waals surface area contributed by atoms with Crippen LogP contribution < -0.4 is 10.5 Å². The first-order valence-corrected chi connectivity index (χ1v) is 7.79. The summed E-state index contributed by atoms with van der Waals surface area (Å²) in [5.74, 6) is 0.576. The minimum atomic E-state index is -3.73. The third-order valence-corrected chi connectivity index (χ3v) is 3.50. The first-order chi connectivity index (χ1) is 7.93. The van der Waals surface area contributed by atoms with Gasteiger partial charge in [0.05, 0.1) is 4.90 Å². The second kappa shape index (κ2) is 6.04. The van der Waals surface area contributed by atoms with Gasteiger partial charge >= 0.3 is 0 Å². The topological polar surface area (TPSA) is 89.3 Å². The van der Waals surface area contributed by atoms with E-state index in [1.54, 1.807) is 17.8 Å². The second-order valence-corrected chi connectivity index (χ2v) is 5.91. The molecule has 0 atom stereocenters. The number of nitrogens with one attached hydrogen (secondary N) is 1. The quantitative estimate of drug-likeness (QED) is 0.839. The molecule has 0 bridgehead atoms. The Morgan fingerprint density at radius 1 is 1.47 bits per heavy atom. The predicted octanol–water partition coefficient (Wildman–Crippen LogP) is 1.03. The van der Waals surface area contributed by atoms with Crippen LogP contribution in [0.15, 0.2) is 29.2 Å².